The molecule has 0 spiro atoms. The zero-order chi connectivity index (χ0) is 15.3. The zero-order valence-electron chi connectivity index (χ0n) is 13.8. The maximum Gasteiger partial charge on any atom is 0.195 e. The molecule has 0 unspecified atom stereocenters. The van der Waals surface area contributed by atoms with Gasteiger partial charge in [-0.25, -0.2) is 0 Å². The molecule has 20 heavy (non-hydrogen) atoms. The molecule has 0 saturated heterocycles. The number of rotatable bonds is 4. The molecule has 0 heterocycles. The fraction of sp³-hybridized carbons (Fsp3) is 0.562. The van der Waals surface area contributed by atoms with Crippen LogP contribution in [0.25, 0.3) is 0 Å². The number of benzene rings is 1. The molecule has 1 aromatic rings. The average Bonchev–Trinajstić information content (AvgIpc) is 2.38. The number of nitrogens with zero attached hydrogens (tertiary/aromatic N) is 3. The molecule has 0 aromatic heterocycles. The van der Waals surface area contributed by atoms with Crippen LogP contribution in [0.4, 0.5) is 0 Å². The van der Waals surface area contributed by atoms with E-state index in [2.05, 4.69) is 26.0 Å². The summed E-state index contributed by atoms with van der Waals surface area (Å²) in [6.07, 6.45) is 0. The third-order valence-electron chi connectivity index (χ3n) is 3.29. The van der Waals surface area contributed by atoms with Crippen LogP contribution < -0.4 is 4.74 Å². The van der Waals surface area contributed by atoms with Crippen molar-refractivity contribution in [1.29, 1.82) is 0 Å². The second-order valence-corrected chi connectivity index (χ2v) is 6.02. The third kappa shape index (κ3) is 4.15. The van der Waals surface area contributed by atoms with Crippen molar-refractivity contribution < 1.29 is 4.74 Å². The Bertz CT molecular complexity index is 437. The molecule has 0 bridgehead atoms. The summed E-state index contributed by atoms with van der Waals surface area (Å²) < 4.78 is 5.20. The van der Waals surface area contributed by atoms with Gasteiger partial charge in [-0.1, -0.05) is 26.0 Å². The molecule has 4 heteroatoms. The van der Waals surface area contributed by atoms with Crippen LogP contribution in [0.2, 0.25) is 0 Å². The predicted molar refractivity (Wildman–Crippen MR) is 85.7 cm³/mol. The van der Waals surface area contributed by atoms with Crippen molar-refractivity contribution in [3.8, 4) is 5.75 Å². The molecule has 0 aliphatic heterocycles. The van der Waals surface area contributed by atoms with Gasteiger partial charge < -0.3 is 14.5 Å². The number of methoxy groups -OCH3 is 1. The Kier molecular flexibility index (Phi) is 5.43. The highest BCUT2D eigenvalue weighted by atomic mass is 16.5. The topological polar surface area (TPSA) is 28.1 Å². The lowest BCUT2D eigenvalue weighted by Crippen LogP contribution is -2.36. The molecule has 0 saturated carbocycles. The minimum Gasteiger partial charge on any atom is -0.497 e. The van der Waals surface area contributed by atoms with E-state index in [0.29, 0.717) is 0 Å². The predicted octanol–water partition coefficient (Wildman–Crippen LogP) is 2.45. The highest BCUT2D eigenvalue weighted by Crippen LogP contribution is 2.25. The van der Waals surface area contributed by atoms with Gasteiger partial charge in [-0.05, 0) is 17.7 Å². The molecule has 0 radical (unpaired) electrons. The molecule has 4 nitrogen and oxygen atoms in total. The Hall–Kier alpha value is -1.71. The monoisotopic (exact) mass is 277 g/mol. The van der Waals surface area contributed by atoms with Gasteiger partial charge >= 0.3 is 0 Å². The summed E-state index contributed by atoms with van der Waals surface area (Å²) >= 11 is 0. The van der Waals surface area contributed by atoms with E-state index in [1.165, 1.54) is 5.56 Å². The molecule has 0 atom stereocenters. The van der Waals surface area contributed by atoms with E-state index >= 15 is 0 Å². The normalized spacial score (nSPS) is 10.9. The Morgan fingerprint density at radius 2 is 1.55 bits per heavy atom. The number of aliphatic imine (C=N–C) groups is 1. The minimum absolute atomic E-state index is 0.0104. The summed E-state index contributed by atoms with van der Waals surface area (Å²) in [6.45, 7) is 5.16. The van der Waals surface area contributed by atoms with Crippen LogP contribution in [0, 0.1) is 0 Å². The van der Waals surface area contributed by atoms with Crippen molar-refractivity contribution in [3.05, 3.63) is 29.8 Å². The van der Waals surface area contributed by atoms with E-state index in [9.17, 15) is 0 Å². The van der Waals surface area contributed by atoms with Gasteiger partial charge in [0.1, 0.15) is 5.75 Å². The first-order valence-corrected chi connectivity index (χ1v) is 6.81. The number of hydrogen-bond donors (Lipinski definition) is 0. The quantitative estimate of drug-likeness (QED) is 0.625. The van der Waals surface area contributed by atoms with Crippen LogP contribution in [-0.4, -0.2) is 57.6 Å². The fourth-order valence-corrected chi connectivity index (χ4v) is 2.08. The minimum atomic E-state index is -0.0104. The summed E-state index contributed by atoms with van der Waals surface area (Å²) in [6, 6.07) is 8.22. The Balaban J connectivity index is 2.90. The largest absolute Gasteiger partial charge is 0.497 e. The van der Waals surface area contributed by atoms with E-state index < -0.39 is 0 Å². The smallest absolute Gasteiger partial charge is 0.195 e. The first kappa shape index (κ1) is 16.3. The Morgan fingerprint density at radius 1 is 1.05 bits per heavy atom. The summed E-state index contributed by atoms with van der Waals surface area (Å²) in [5.74, 6) is 1.86. The molecule has 112 valence electrons. The standard InChI is InChI=1S/C16H27N3O/c1-16(2,12-17-15(18(3)4)19(5)6)13-8-10-14(20-7)11-9-13/h8-11H,12H2,1-7H3. The second kappa shape index (κ2) is 6.64. The van der Waals surface area contributed by atoms with Gasteiger partial charge in [0, 0.05) is 33.6 Å². The summed E-state index contributed by atoms with van der Waals surface area (Å²) in [5, 5.41) is 0. The number of hydrogen-bond acceptors (Lipinski definition) is 2. The van der Waals surface area contributed by atoms with E-state index in [0.717, 1.165) is 18.3 Å². The van der Waals surface area contributed by atoms with Crippen molar-refractivity contribution in [2.75, 3.05) is 41.8 Å². The molecular formula is C16H27N3O. The molecular weight excluding hydrogens is 250 g/mol. The first-order chi connectivity index (χ1) is 9.27. The van der Waals surface area contributed by atoms with Crippen molar-refractivity contribution in [1.82, 2.24) is 9.80 Å². The Morgan fingerprint density at radius 3 is 1.95 bits per heavy atom. The van der Waals surface area contributed by atoms with E-state index in [4.69, 9.17) is 9.73 Å². The fourth-order valence-electron chi connectivity index (χ4n) is 2.08. The van der Waals surface area contributed by atoms with Crippen molar-refractivity contribution in [3.63, 3.8) is 0 Å². The third-order valence-corrected chi connectivity index (χ3v) is 3.29. The summed E-state index contributed by atoms with van der Waals surface area (Å²) in [7, 11) is 9.74. The maximum atomic E-state index is 5.20. The molecule has 0 fully saturated rings. The lowest BCUT2D eigenvalue weighted by atomic mass is 9.85. The van der Waals surface area contributed by atoms with Crippen molar-refractivity contribution >= 4 is 5.96 Å². The summed E-state index contributed by atoms with van der Waals surface area (Å²) in [5.41, 5.74) is 1.25. The molecule has 0 N–H and O–H groups in total. The number of guanidine groups is 1. The first-order valence-electron chi connectivity index (χ1n) is 6.81. The summed E-state index contributed by atoms with van der Waals surface area (Å²) in [4.78, 5) is 8.81. The lowest BCUT2D eigenvalue weighted by Gasteiger charge is -2.27. The lowest BCUT2D eigenvalue weighted by molar-refractivity contribution is 0.414. The highest BCUT2D eigenvalue weighted by Gasteiger charge is 2.21. The molecule has 0 aliphatic carbocycles. The van der Waals surface area contributed by atoms with Crippen LogP contribution in [0.3, 0.4) is 0 Å². The van der Waals surface area contributed by atoms with Gasteiger partial charge in [0.2, 0.25) is 0 Å². The number of ether oxygens (including phenoxy) is 1. The van der Waals surface area contributed by atoms with Gasteiger partial charge in [0.05, 0.1) is 13.7 Å². The van der Waals surface area contributed by atoms with E-state index in [1.807, 2.05) is 50.1 Å². The molecule has 1 rings (SSSR count). The highest BCUT2D eigenvalue weighted by molar-refractivity contribution is 5.79. The average molecular weight is 277 g/mol. The molecule has 0 amide bonds. The van der Waals surface area contributed by atoms with Crippen LogP contribution >= 0.6 is 0 Å². The molecule has 0 aliphatic rings. The van der Waals surface area contributed by atoms with Gasteiger partial charge in [-0.3, -0.25) is 4.99 Å². The van der Waals surface area contributed by atoms with Crippen LogP contribution in [0.1, 0.15) is 19.4 Å². The van der Waals surface area contributed by atoms with Crippen LogP contribution in [0.5, 0.6) is 5.75 Å². The molecule has 1 aromatic carbocycles. The van der Waals surface area contributed by atoms with Gasteiger partial charge in [-0.15, -0.1) is 0 Å². The van der Waals surface area contributed by atoms with E-state index in [-0.39, 0.29) is 5.41 Å². The van der Waals surface area contributed by atoms with Crippen molar-refractivity contribution in [2.24, 2.45) is 4.99 Å². The maximum absolute atomic E-state index is 5.20. The Labute approximate surface area is 123 Å². The van der Waals surface area contributed by atoms with Gasteiger partial charge in [-0.2, -0.15) is 0 Å². The van der Waals surface area contributed by atoms with Crippen LogP contribution in [-0.2, 0) is 5.41 Å². The second-order valence-electron chi connectivity index (χ2n) is 6.02. The van der Waals surface area contributed by atoms with Gasteiger partial charge in [0.25, 0.3) is 0 Å². The van der Waals surface area contributed by atoms with Crippen LogP contribution in [0.15, 0.2) is 29.3 Å². The van der Waals surface area contributed by atoms with Gasteiger partial charge in [0.15, 0.2) is 5.96 Å². The van der Waals surface area contributed by atoms with E-state index in [1.54, 1.807) is 7.11 Å². The SMILES string of the molecule is COc1ccc(C(C)(C)CN=C(N(C)C)N(C)C)cc1. The van der Waals surface area contributed by atoms with Crippen molar-refractivity contribution in [2.45, 2.75) is 19.3 Å². The zero-order valence-corrected chi connectivity index (χ0v) is 13.8.